The van der Waals surface area contributed by atoms with E-state index < -0.39 is 0 Å². The van der Waals surface area contributed by atoms with Gasteiger partial charge in [-0.1, -0.05) is 19.8 Å². The Morgan fingerprint density at radius 2 is 1.83 bits per heavy atom. The topological polar surface area (TPSA) is 32.3 Å². The van der Waals surface area contributed by atoms with Crippen LogP contribution < -0.4 is 5.32 Å². The Hall–Kier alpha value is -0.0800. The molecule has 2 nitrogen and oxygen atoms in total. The van der Waals surface area contributed by atoms with Crippen molar-refractivity contribution in [1.29, 1.82) is 0 Å². The van der Waals surface area contributed by atoms with E-state index in [1.807, 2.05) is 0 Å². The lowest BCUT2D eigenvalue weighted by Crippen LogP contribution is -2.43. The van der Waals surface area contributed by atoms with Gasteiger partial charge in [-0.05, 0) is 25.2 Å². The second-order valence-electron chi connectivity index (χ2n) is 4.44. The van der Waals surface area contributed by atoms with Crippen LogP contribution in [-0.4, -0.2) is 23.3 Å². The van der Waals surface area contributed by atoms with E-state index in [-0.39, 0.29) is 6.10 Å². The zero-order valence-corrected chi connectivity index (χ0v) is 7.79. The highest BCUT2D eigenvalue weighted by Gasteiger charge is 2.36. The molecule has 4 atom stereocenters. The van der Waals surface area contributed by atoms with E-state index in [1.54, 1.807) is 0 Å². The monoisotopic (exact) mass is 169 g/mol. The first-order valence-electron chi connectivity index (χ1n) is 5.21. The minimum absolute atomic E-state index is 0.0773. The molecule has 0 aromatic carbocycles. The molecule has 0 heterocycles. The fourth-order valence-corrected chi connectivity index (χ4v) is 2.13. The molecule has 0 aromatic heterocycles. The average Bonchev–Trinajstić information content (AvgIpc) is 2.72. The predicted molar refractivity (Wildman–Crippen MR) is 49.0 cm³/mol. The molecule has 2 N–H and O–H groups in total. The number of aliphatic hydroxyl groups is 1. The van der Waals surface area contributed by atoms with E-state index in [9.17, 15) is 5.11 Å². The summed E-state index contributed by atoms with van der Waals surface area (Å²) in [5, 5.41) is 13.2. The maximum atomic E-state index is 9.67. The van der Waals surface area contributed by atoms with Gasteiger partial charge in [0, 0.05) is 12.1 Å². The van der Waals surface area contributed by atoms with E-state index in [0.717, 1.165) is 12.3 Å². The van der Waals surface area contributed by atoms with Crippen LogP contribution in [0.3, 0.4) is 0 Å². The van der Waals surface area contributed by atoms with Crippen molar-refractivity contribution in [1.82, 2.24) is 5.32 Å². The van der Waals surface area contributed by atoms with Crippen LogP contribution in [0.1, 0.15) is 39.0 Å². The van der Waals surface area contributed by atoms with E-state index in [0.29, 0.717) is 12.1 Å². The summed E-state index contributed by atoms with van der Waals surface area (Å²) in [5.41, 5.74) is 0. The SMILES string of the molecule is CC1CC1NC1CCCCC1O. The van der Waals surface area contributed by atoms with Crippen molar-refractivity contribution >= 4 is 0 Å². The van der Waals surface area contributed by atoms with Gasteiger partial charge in [-0.2, -0.15) is 0 Å². The second-order valence-corrected chi connectivity index (χ2v) is 4.44. The third kappa shape index (κ3) is 1.80. The molecule has 0 saturated heterocycles. The minimum atomic E-state index is -0.0773. The van der Waals surface area contributed by atoms with Crippen LogP contribution >= 0.6 is 0 Å². The lowest BCUT2D eigenvalue weighted by atomic mass is 9.92. The maximum Gasteiger partial charge on any atom is 0.0693 e. The van der Waals surface area contributed by atoms with Gasteiger partial charge in [0.25, 0.3) is 0 Å². The van der Waals surface area contributed by atoms with Crippen molar-refractivity contribution in [2.45, 2.75) is 57.2 Å². The number of nitrogens with one attached hydrogen (secondary N) is 1. The molecule has 0 aliphatic heterocycles. The quantitative estimate of drug-likeness (QED) is 0.653. The fraction of sp³-hybridized carbons (Fsp3) is 1.00. The van der Waals surface area contributed by atoms with Crippen molar-refractivity contribution in [3.8, 4) is 0 Å². The van der Waals surface area contributed by atoms with Gasteiger partial charge in [0.05, 0.1) is 6.10 Å². The largest absolute Gasteiger partial charge is 0.392 e. The van der Waals surface area contributed by atoms with Crippen LogP contribution in [-0.2, 0) is 0 Å². The summed E-state index contributed by atoms with van der Waals surface area (Å²) >= 11 is 0. The molecule has 0 amide bonds. The Bertz CT molecular complexity index is 160. The van der Waals surface area contributed by atoms with Crippen LogP contribution in [0.25, 0.3) is 0 Å². The van der Waals surface area contributed by atoms with Gasteiger partial charge < -0.3 is 10.4 Å². The van der Waals surface area contributed by atoms with Gasteiger partial charge in [0.2, 0.25) is 0 Å². The van der Waals surface area contributed by atoms with Gasteiger partial charge in [-0.15, -0.1) is 0 Å². The second kappa shape index (κ2) is 3.35. The van der Waals surface area contributed by atoms with E-state index in [1.165, 1.54) is 25.7 Å². The van der Waals surface area contributed by atoms with Gasteiger partial charge >= 0.3 is 0 Å². The minimum Gasteiger partial charge on any atom is -0.392 e. The smallest absolute Gasteiger partial charge is 0.0693 e. The standard InChI is InChI=1S/C10H19NO/c1-7-6-9(7)11-8-4-2-3-5-10(8)12/h7-12H,2-6H2,1H3. The molecule has 70 valence electrons. The summed E-state index contributed by atoms with van der Waals surface area (Å²) in [6.07, 6.45) is 5.90. The molecule has 4 unspecified atom stereocenters. The molecular weight excluding hydrogens is 150 g/mol. The Morgan fingerprint density at radius 3 is 2.42 bits per heavy atom. The molecule has 2 rings (SSSR count). The van der Waals surface area contributed by atoms with E-state index >= 15 is 0 Å². The van der Waals surface area contributed by atoms with Crippen LogP contribution in [0.15, 0.2) is 0 Å². The van der Waals surface area contributed by atoms with Crippen LogP contribution in [0, 0.1) is 5.92 Å². The fourth-order valence-electron chi connectivity index (χ4n) is 2.13. The maximum absolute atomic E-state index is 9.67. The molecule has 0 bridgehead atoms. The predicted octanol–water partition coefficient (Wildman–Crippen LogP) is 1.29. The van der Waals surface area contributed by atoms with Crippen LogP contribution in [0.4, 0.5) is 0 Å². The number of aliphatic hydroxyl groups excluding tert-OH is 1. The molecule has 12 heavy (non-hydrogen) atoms. The summed E-state index contributed by atoms with van der Waals surface area (Å²) in [7, 11) is 0. The zero-order chi connectivity index (χ0) is 8.55. The highest BCUT2D eigenvalue weighted by molar-refractivity contribution is 4.94. The first-order valence-corrected chi connectivity index (χ1v) is 5.21. The summed E-state index contributed by atoms with van der Waals surface area (Å²) in [6.45, 7) is 2.27. The molecule has 0 spiro atoms. The average molecular weight is 169 g/mol. The molecule has 2 fully saturated rings. The zero-order valence-electron chi connectivity index (χ0n) is 7.79. The van der Waals surface area contributed by atoms with Gasteiger partial charge in [-0.25, -0.2) is 0 Å². The van der Waals surface area contributed by atoms with Crippen LogP contribution in [0.5, 0.6) is 0 Å². The Labute approximate surface area is 74.4 Å². The first kappa shape index (κ1) is 8.52. The number of rotatable bonds is 2. The molecule has 2 aliphatic rings. The van der Waals surface area contributed by atoms with Crippen molar-refractivity contribution in [3.05, 3.63) is 0 Å². The Balaban J connectivity index is 1.77. The molecule has 2 heteroatoms. The van der Waals surface area contributed by atoms with Gasteiger partial charge in [-0.3, -0.25) is 0 Å². The van der Waals surface area contributed by atoms with Crippen molar-refractivity contribution in [2.75, 3.05) is 0 Å². The number of hydrogen-bond donors (Lipinski definition) is 2. The molecule has 0 aromatic rings. The summed E-state index contributed by atoms with van der Waals surface area (Å²) in [4.78, 5) is 0. The highest BCUT2D eigenvalue weighted by Crippen LogP contribution is 2.31. The normalized spacial score (nSPS) is 47.5. The van der Waals surface area contributed by atoms with E-state index in [4.69, 9.17) is 0 Å². The Morgan fingerprint density at radius 1 is 1.17 bits per heavy atom. The van der Waals surface area contributed by atoms with Gasteiger partial charge in [0.1, 0.15) is 0 Å². The third-order valence-corrected chi connectivity index (χ3v) is 3.27. The summed E-state index contributed by atoms with van der Waals surface area (Å²) in [5.74, 6) is 0.846. The first-order chi connectivity index (χ1) is 5.77. The molecule has 2 saturated carbocycles. The highest BCUT2D eigenvalue weighted by atomic mass is 16.3. The van der Waals surface area contributed by atoms with Crippen molar-refractivity contribution in [3.63, 3.8) is 0 Å². The van der Waals surface area contributed by atoms with Crippen molar-refractivity contribution < 1.29 is 5.11 Å². The molecule has 0 radical (unpaired) electrons. The number of hydrogen-bond acceptors (Lipinski definition) is 2. The third-order valence-electron chi connectivity index (χ3n) is 3.27. The Kier molecular flexibility index (Phi) is 2.37. The molecular formula is C10H19NO. The van der Waals surface area contributed by atoms with E-state index in [2.05, 4.69) is 12.2 Å². The molecule has 2 aliphatic carbocycles. The van der Waals surface area contributed by atoms with Crippen molar-refractivity contribution in [2.24, 2.45) is 5.92 Å². The van der Waals surface area contributed by atoms with Gasteiger partial charge in [0.15, 0.2) is 0 Å². The summed E-state index contributed by atoms with van der Waals surface area (Å²) < 4.78 is 0. The summed E-state index contributed by atoms with van der Waals surface area (Å²) in [6, 6.07) is 1.11. The lowest BCUT2D eigenvalue weighted by Gasteiger charge is -2.28. The lowest BCUT2D eigenvalue weighted by molar-refractivity contribution is 0.0895. The van der Waals surface area contributed by atoms with Crippen LogP contribution in [0.2, 0.25) is 0 Å².